The topological polar surface area (TPSA) is 74.2 Å². The van der Waals surface area contributed by atoms with Gasteiger partial charge in [0.25, 0.3) is 0 Å². The summed E-state index contributed by atoms with van der Waals surface area (Å²) in [6, 6.07) is 8.72. The minimum atomic E-state index is -0.505. The molecule has 154 valence electrons. The number of nitrogens with one attached hydrogen (secondary N) is 1. The van der Waals surface area contributed by atoms with Crippen molar-refractivity contribution in [3.8, 4) is 11.3 Å². The monoisotopic (exact) mass is 406 g/mol. The van der Waals surface area contributed by atoms with E-state index in [2.05, 4.69) is 27.1 Å². The van der Waals surface area contributed by atoms with E-state index >= 15 is 0 Å². The van der Waals surface area contributed by atoms with Crippen LogP contribution in [0.15, 0.2) is 48.9 Å². The lowest BCUT2D eigenvalue weighted by Gasteiger charge is -2.25. The number of aryl methyl sites for hydroxylation is 1. The molecule has 3 aromatic heterocycles. The molecule has 1 N–H and O–H groups in total. The van der Waals surface area contributed by atoms with Crippen molar-refractivity contribution in [1.29, 1.82) is 0 Å². The molecular formula is C22H23FN6O. The molecule has 1 aliphatic heterocycles. The van der Waals surface area contributed by atoms with Gasteiger partial charge in [-0.15, -0.1) is 0 Å². The summed E-state index contributed by atoms with van der Waals surface area (Å²) in [5, 5.41) is 2.74. The van der Waals surface area contributed by atoms with E-state index in [1.54, 1.807) is 11.1 Å². The normalized spacial score (nSPS) is 13.6. The number of aromatic nitrogens is 3. The zero-order chi connectivity index (χ0) is 21.1. The molecule has 0 unspecified atom stereocenters. The molecule has 0 saturated carbocycles. The standard InChI is InChI=1S/C22H23FN6O/c1-3-28-9-4-10-29(22(30)26-18-12-17(23)13-24-14-18)21-20(28)6-5-19(27-21)16-7-8-25-15(2)11-16/h5-8,11-14H,3-4,9-10H2,1-2H3,(H,26,30). The Balaban J connectivity index is 1.73. The van der Waals surface area contributed by atoms with Gasteiger partial charge in [0.1, 0.15) is 5.82 Å². The first-order valence-corrected chi connectivity index (χ1v) is 9.93. The number of anilines is 3. The van der Waals surface area contributed by atoms with Gasteiger partial charge in [0.2, 0.25) is 0 Å². The Morgan fingerprint density at radius 3 is 2.83 bits per heavy atom. The number of urea groups is 1. The Bertz CT molecular complexity index is 1070. The van der Waals surface area contributed by atoms with Crippen LogP contribution in [0.3, 0.4) is 0 Å². The third-order valence-corrected chi connectivity index (χ3v) is 5.04. The summed E-state index contributed by atoms with van der Waals surface area (Å²) in [4.78, 5) is 29.8. The molecule has 0 radical (unpaired) electrons. The van der Waals surface area contributed by atoms with Crippen LogP contribution in [-0.4, -0.2) is 40.6 Å². The average Bonchev–Trinajstić information content (AvgIpc) is 2.92. The number of amides is 2. The van der Waals surface area contributed by atoms with Crippen LogP contribution >= 0.6 is 0 Å². The fourth-order valence-corrected chi connectivity index (χ4v) is 3.60. The summed E-state index contributed by atoms with van der Waals surface area (Å²) in [5.74, 6) is 0.0814. The SMILES string of the molecule is CCN1CCCN(C(=O)Nc2cncc(F)c2)c2nc(-c3ccnc(C)c3)ccc21. The number of hydrogen-bond donors (Lipinski definition) is 1. The molecule has 0 fully saturated rings. The summed E-state index contributed by atoms with van der Waals surface area (Å²) in [6.07, 6.45) is 5.06. The first kappa shape index (κ1) is 19.8. The zero-order valence-electron chi connectivity index (χ0n) is 17.0. The maximum absolute atomic E-state index is 13.5. The number of hydrogen-bond acceptors (Lipinski definition) is 5. The fraction of sp³-hybridized carbons (Fsp3) is 0.273. The Morgan fingerprint density at radius 2 is 2.07 bits per heavy atom. The molecule has 30 heavy (non-hydrogen) atoms. The van der Waals surface area contributed by atoms with Gasteiger partial charge in [-0.1, -0.05) is 0 Å². The van der Waals surface area contributed by atoms with E-state index < -0.39 is 5.82 Å². The summed E-state index contributed by atoms with van der Waals surface area (Å²) in [7, 11) is 0. The molecule has 3 aromatic rings. The smallest absolute Gasteiger partial charge is 0.327 e. The van der Waals surface area contributed by atoms with Crippen LogP contribution in [0, 0.1) is 12.7 Å². The van der Waals surface area contributed by atoms with Crippen LogP contribution in [0.4, 0.5) is 26.4 Å². The second-order valence-corrected chi connectivity index (χ2v) is 7.13. The quantitative estimate of drug-likeness (QED) is 0.704. The van der Waals surface area contributed by atoms with E-state index in [0.717, 1.165) is 48.3 Å². The number of pyridine rings is 3. The predicted octanol–water partition coefficient (Wildman–Crippen LogP) is 4.25. The third kappa shape index (κ3) is 4.07. The Labute approximate surface area is 174 Å². The van der Waals surface area contributed by atoms with E-state index in [-0.39, 0.29) is 6.03 Å². The Kier molecular flexibility index (Phi) is 5.56. The zero-order valence-corrected chi connectivity index (χ0v) is 17.0. The van der Waals surface area contributed by atoms with Crippen LogP contribution in [0.25, 0.3) is 11.3 Å². The van der Waals surface area contributed by atoms with E-state index in [4.69, 9.17) is 4.98 Å². The van der Waals surface area contributed by atoms with Crippen molar-refractivity contribution in [3.63, 3.8) is 0 Å². The molecule has 0 aromatic carbocycles. The van der Waals surface area contributed by atoms with Crippen molar-refractivity contribution >= 4 is 23.2 Å². The molecule has 8 heteroatoms. The molecule has 1 aliphatic rings. The highest BCUT2D eigenvalue weighted by Gasteiger charge is 2.26. The predicted molar refractivity (Wildman–Crippen MR) is 115 cm³/mol. The summed E-state index contributed by atoms with van der Waals surface area (Å²) in [6.45, 7) is 6.15. The van der Waals surface area contributed by atoms with Crippen LogP contribution in [0.5, 0.6) is 0 Å². The first-order chi connectivity index (χ1) is 14.5. The fourth-order valence-electron chi connectivity index (χ4n) is 3.60. The van der Waals surface area contributed by atoms with Crippen LogP contribution in [0.1, 0.15) is 19.0 Å². The van der Waals surface area contributed by atoms with Crippen LogP contribution in [-0.2, 0) is 0 Å². The Morgan fingerprint density at radius 1 is 1.20 bits per heavy atom. The molecule has 0 aliphatic carbocycles. The summed E-state index contributed by atoms with van der Waals surface area (Å²) in [5.41, 5.74) is 3.80. The summed E-state index contributed by atoms with van der Waals surface area (Å²) < 4.78 is 13.5. The van der Waals surface area contributed by atoms with Crippen molar-refractivity contribution in [2.24, 2.45) is 0 Å². The number of nitrogens with zero attached hydrogens (tertiary/aromatic N) is 5. The van der Waals surface area contributed by atoms with Crippen molar-refractivity contribution in [1.82, 2.24) is 15.0 Å². The maximum Gasteiger partial charge on any atom is 0.327 e. The van der Waals surface area contributed by atoms with Gasteiger partial charge < -0.3 is 10.2 Å². The van der Waals surface area contributed by atoms with Crippen molar-refractivity contribution in [2.45, 2.75) is 20.3 Å². The molecule has 0 saturated heterocycles. The van der Waals surface area contributed by atoms with Crippen molar-refractivity contribution < 1.29 is 9.18 Å². The number of fused-ring (bicyclic) bond motifs is 1. The number of rotatable bonds is 3. The Hall–Kier alpha value is -3.55. The molecule has 0 bridgehead atoms. The highest BCUT2D eigenvalue weighted by Crippen LogP contribution is 2.33. The van der Waals surface area contributed by atoms with Gasteiger partial charge in [-0.3, -0.25) is 14.9 Å². The van der Waals surface area contributed by atoms with Crippen LogP contribution < -0.4 is 15.1 Å². The number of halogens is 1. The molecule has 0 spiro atoms. The van der Waals surface area contributed by atoms with E-state index in [1.165, 1.54) is 12.3 Å². The molecule has 7 nitrogen and oxygen atoms in total. The second-order valence-electron chi connectivity index (χ2n) is 7.13. The van der Waals surface area contributed by atoms with Crippen molar-refractivity contribution in [2.75, 3.05) is 34.8 Å². The first-order valence-electron chi connectivity index (χ1n) is 9.93. The number of carbonyl (C=O) groups is 1. The lowest BCUT2D eigenvalue weighted by molar-refractivity contribution is 0.257. The van der Waals surface area contributed by atoms with Crippen LogP contribution in [0.2, 0.25) is 0 Å². The lowest BCUT2D eigenvalue weighted by Crippen LogP contribution is -2.36. The average molecular weight is 406 g/mol. The molecule has 2 amide bonds. The third-order valence-electron chi connectivity index (χ3n) is 5.04. The molecule has 4 rings (SSSR count). The maximum atomic E-state index is 13.5. The van der Waals surface area contributed by atoms with Crippen molar-refractivity contribution in [3.05, 3.63) is 60.4 Å². The van der Waals surface area contributed by atoms with Gasteiger partial charge >= 0.3 is 6.03 Å². The minimum Gasteiger partial charge on any atom is -0.369 e. The van der Waals surface area contributed by atoms with Gasteiger partial charge in [-0.05, 0) is 44.5 Å². The molecular weight excluding hydrogens is 383 g/mol. The van der Waals surface area contributed by atoms with E-state index in [1.807, 2.05) is 31.2 Å². The van der Waals surface area contributed by atoms with Gasteiger partial charge in [-0.25, -0.2) is 14.2 Å². The highest BCUT2D eigenvalue weighted by molar-refractivity contribution is 6.03. The van der Waals surface area contributed by atoms with E-state index in [0.29, 0.717) is 18.1 Å². The lowest BCUT2D eigenvalue weighted by atomic mass is 10.1. The second kappa shape index (κ2) is 8.44. The van der Waals surface area contributed by atoms with Gasteiger partial charge in [0.15, 0.2) is 5.82 Å². The minimum absolute atomic E-state index is 0.305. The molecule has 4 heterocycles. The molecule has 0 atom stereocenters. The van der Waals surface area contributed by atoms with Gasteiger partial charge in [0, 0.05) is 43.2 Å². The summed E-state index contributed by atoms with van der Waals surface area (Å²) >= 11 is 0. The number of carbonyl (C=O) groups excluding carboxylic acids is 1. The van der Waals surface area contributed by atoms with Gasteiger partial charge in [0.05, 0.1) is 29.5 Å². The van der Waals surface area contributed by atoms with E-state index in [9.17, 15) is 9.18 Å². The van der Waals surface area contributed by atoms with Gasteiger partial charge in [-0.2, -0.15) is 0 Å². The highest BCUT2D eigenvalue weighted by atomic mass is 19.1. The largest absolute Gasteiger partial charge is 0.369 e.